The fraction of sp³-hybridized carbons (Fsp3) is 0.400. The monoisotopic (exact) mass is 381 g/mol. The smallest absolute Gasteiger partial charge is 0.341 e. The van der Waals surface area contributed by atoms with Crippen LogP contribution in [-0.2, 0) is 4.74 Å². The maximum absolute atomic E-state index is 12.7. The second-order valence-corrected chi connectivity index (χ2v) is 6.74. The lowest BCUT2D eigenvalue weighted by atomic mass is 10.0. The molecule has 0 aliphatic carbocycles. The van der Waals surface area contributed by atoms with Crippen LogP contribution < -0.4 is 9.64 Å². The van der Waals surface area contributed by atoms with E-state index in [1.54, 1.807) is 32.9 Å². The Morgan fingerprint density at radius 2 is 2.25 bits per heavy atom. The molecule has 8 heteroatoms. The van der Waals surface area contributed by atoms with Gasteiger partial charge in [-0.25, -0.2) is 14.5 Å². The minimum absolute atomic E-state index is 0.195. The SMILES string of the molecule is CCOC(=O)c1cnc2ccc(OC)cc2c1N1CCCC(n2cncn2)C1. The summed E-state index contributed by atoms with van der Waals surface area (Å²) in [5.41, 5.74) is 2.13. The number of esters is 1. The molecule has 28 heavy (non-hydrogen) atoms. The van der Waals surface area contributed by atoms with Gasteiger partial charge in [0.25, 0.3) is 0 Å². The van der Waals surface area contributed by atoms with Gasteiger partial charge in [-0.2, -0.15) is 5.10 Å². The molecule has 2 aromatic heterocycles. The molecule has 0 bridgehead atoms. The topological polar surface area (TPSA) is 82.4 Å². The van der Waals surface area contributed by atoms with E-state index < -0.39 is 0 Å². The first-order valence-electron chi connectivity index (χ1n) is 9.44. The molecule has 1 aromatic carbocycles. The largest absolute Gasteiger partial charge is 0.497 e. The average Bonchev–Trinajstić information content (AvgIpc) is 3.27. The van der Waals surface area contributed by atoms with Crippen molar-refractivity contribution in [3.8, 4) is 5.75 Å². The molecule has 0 N–H and O–H groups in total. The predicted octanol–water partition coefficient (Wildman–Crippen LogP) is 2.85. The number of pyridine rings is 1. The number of anilines is 1. The molecule has 0 saturated carbocycles. The van der Waals surface area contributed by atoms with Crippen molar-refractivity contribution >= 4 is 22.6 Å². The Bertz CT molecular complexity index is 973. The van der Waals surface area contributed by atoms with Gasteiger partial charge in [-0.1, -0.05) is 0 Å². The van der Waals surface area contributed by atoms with Gasteiger partial charge >= 0.3 is 5.97 Å². The van der Waals surface area contributed by atoms with E-state index in [0.717, 1.165) is 48.3 Å². The summed E-state index contributed by atoms with van der Waals surface area (Å²) in [5.74, 6) is 0.360. The lowest BCUT2D eigenvalue weighted by molar-refractivity contribution is 0.0526. The van der Waals surface area contributed by atoms with Crippen LogP contribution in [0.4, 0.5) is 5.69 Å². The molecule has 1 saturated heterocycles. The van der Waals surface area contributed by atoms with Crippen LogP contribution in [0.2, 0.25) is 0 Å². The van der Waals surface area contributed by atoms with Gasteiger partial charge in [-0.15, -0.1) is 0 Å². The number of aromatic nitrogens is 4. The zero-order valence-corrected chi connectivity index (χ0v) is 16.0. The van der Waals surface area contributed by atoms with Crippen LogP contribution in [0, 0.1) is 0 Å². The molecule has 3 aromatic rings. The summed E-state index contributed by atoms with van der Waals surface area (Å²) in [6, 6.07) is 5.91. The van der Waals surface area contributed by atoms with E-state index in [9.17, 15) is 4.79 Å². The van der Waals surface area contributed by atoms with Gasteiger partial charge in [0.2, 0.25) is 0 Å². The highest BCUT2D eigenvalue weighted by Gasteiger charge is 2.27. The first-order chi connectivity index (χ1) is 13.7. The number of carbonyl (C=O) groups excluding carboxylic acids is 1. The Labute approximate surface area is 163 Å². The number of carbonyl (C=O) groups is 1. The van der Waals surface area contributed by atoms with Crippen LogP contribution in [0.1, 0.15) is 36.2 Å². The third-order valence-corrected chi connectivity index (χ3v) is 5.07. The summed E-state index contributed by atoms with van der Waals surface area (Å²) < 4.78 is 12.6. The van der Waals surface area contributed by atoms with E-state index in [1.165, 1.54) is 0 Å². The highest BCUT2D eigenvalue weighted by atomic mass is 16.5. The Balaban J connectivity index is 1.82. The first-order valence-corrected chi connectivity index (χ1v) is 9.44. The maximum Gasteiger partial charge on any atom is 0.341 e. The van der Waals surface area contributed by atoms with E-state index in [4.69, 9.17) is 9.47 Å². The van der Waals surface area contributed by atoms with Crippen molar-refractivity contribution in [1.29, 1.82) is 0 Å². The number of piperidine rings is 1. The third kappa shape index (κ3) is 3.37. The van der Waals surface area contributed by atoms with Gasteiger partial charge in [0, 0.05) is 24.7 Å². The van der Waals surface area contributed by atoms with Crippen LogP contribution in [0.3, 0.4) is 0 Å². The van der Waals surface area contributed by atoms with Crippen LogP contribution in [-0.4, -0.2) is 52.5 Å². The molecule has 146 valence electrons. The number of nitrogens with zero attached hydrogens (tertiary/aromatic N) is 5. The number of hydrogen-bond acceptors (Lipinski definition) is 7. The Morgan fingerprint density at radius 1 is 1.36 bits per heavy atom. The molecule has 0 amide bonds. The number of rotatable bonds is 5. The number of benzene rings is 1. The molecule has 1 fully saturated rings. The van der Waals surface area contributed by atoms with E-state index >= 15 is 0 Å². The van der Waals surface area contributed by atoms with Crippen molar-refractivity contribution in [2.75, 3.05) is 31.7 Å². The van der Waals surface area contributed by atoms with E-state index in [2.05, 4.69) is 20.0 Å². The first kappa shape index (κ1) is 18.2. The summed E-state index contributed by atoms with van der Waals surface area (Å²) in [5, 5.41) is 5.18. The van der Waals surface area contributed by atoms with Crippen molar-refractivity contribution in [3.05, 3.63) is 42.6 Å². The van der Waals surface area contributed by atoms with Crippen molar-refractivity contribution < 1.29 is 14.3 Å². The number of ether oxygens (including phenoxy) is 2. The number of fused-ring (bicyclic) bond motifs is 1. The lowest BCUT2D eigenvalue weighted by Crippen LogP contribution is -2.38. The standard InChI is InChI=1S/C20H23N5O3/c1-3-28-20(26)17-10-22-18-7-6-15(27-2)9-16(18)19(17)24-8-4-5-14(11-24)25-13-21-12-23-25/h6-7,9-10,12-14H,3-5,8,11H2,1-2H3. The van der Waals surface area contributed by atoms with Gasteiger partial charge in [-0.05, 0) is 38.0 Å². The highest BCUT2D eigenvalue weighted by molar-refractivity contribution is 6.05. The van der Waals surface area contributed by atoms with Gasteiger partial charge in [-0.3, -0.25) is 4.98 Å². The highest BCUT2D eigenvalue weighted by Crippen LogP contribution is 2.35. The Kier molecular flexibility index (Phi) is 5.10. The summed E-state index contributed by atoms with van der Waals surface area (Å²) in [6.07, 6.45) is 6.91. The normalized spacial score (nSPS) is 16.9. The molecular formula is C20H23N5O3. The van der Waals surface area contributed by atoms with Gasteiger partial charge in [0.05, 0.1) is 31.0 Å². The van der Waals surface area contributed by atoms with E-state index in [0.29, 0.717) is 12.2 Å². The summed E-state index contributed by atoms with van der Waals surface area (Å²) >= 11 is 0. The van der Waals surface area contributed by atoms with Crippen LogP contribution in [0.15, 0.2) is 37.1 Å². The average molecular weight is 381 g/mol. The van der Waals surface area contributed by atoms with E-state index in [1.807, 2.05) is 22.9 Å². The summed E-state index contributed by atoms with van der Waals surface area (Å²) in [6.45, 7) is 3.69. The van der Waals surface area contributed by atoms with Crippen LogP contribution in [0.25, 0.3) is 10.9 Å². The zero-order chi connectivity index (χ0) is 19.5. The molecule has 8 nitrogen and oxygen atoms in total. The molecule has 1 atom stereocenters. The van der Waals surface area contributed by atoms with Gasteiger partial charge in [0.15, 0.2) is 0 Å². The van der Waals surface area contributed by atoms with E-state index in [-0.39, 0.29) is 12.0 Å². The van der Waals surface area contributed by atoms with Crippen molar-refractivity contribution in [2.24, 2.45) is 0 Å². The molecular weight excluding hydrogens is 358 g/mol. The van der Waals surface area contributed by atoms with Crippen molar-refractivity contribution in [3.63, 3.8) is 0 Å². The van der Waals surface area contributed by atoms with Crippen LogP contribution in [0.5, 0.6) is 5.75 Å². The van der Waals surface area contributed by atoms with Gasteiger partial charge < -0.3 is 14.4 Å². The molecule has 3 heterocycles. The molecule has 1 aliphatic rings. The molecule has 0 radical (unpaired) electrons. The molecule has 0 spiro atoms. The summed E-state index contributed by atoms with van der Waals surface area (Å²) in [4.78, 5) is 23.4. The fourth-order valence-corrected chi connectivity index (χ4v) is 3.76. The van der Waals surface area contributed by atoms with Crippen molar-refractivity contribution in [1.82, 2.24) is 19.7 Å². The van der Waals surface area contributed by atoms with Crippen molar-refractivity contribution in [2.45, 2.75) is 25.8 Å². The lowest BCUT2D eigenvalue weighted by Gasteiger charge is -2.35. The molecule has 1 unspecified atom stereocenters. The second kappa shape index (κ2) is 7.84. The van der Waals surface area contributed by atoms with Crippen LogP contribution >= 0.6 is 0 Å². The minimum Gasteiger partial charge on any atom is -0.497 e. The van der Waals surface area contributed by atoms with Gasteiger partial charge in [0.1, 0.15) is 24.0 Å². The maximum atomic E-state index is 12.7. The summed E-state index contributed by atoms with van der Waals surface area (Å²) in [7, 11) is 1.63. The zero-order valence-electron chi connectivity index (χ0n) is 16.0. The number of methoxy groups -OCH3 is 1. The molecule has 1 aliphatic heterocycles. The Morgan fingerprint density at radius 3 is 3.00 bits per heavy atom. The second-order valence-electron chi connectivity index (χ2n) is 6.74. The Hall–Kier alpha value is -3.16. The number of hydrogen-bond donors (Lipinski definition) is 0. The molecule has 4 rings (SSSR count). The fourth-order valence-electron chi connectivity index (χ4n) is 3.76. The predicted molar refractivity (Wildman–Crippen MR) is 105 cm³/mol. The quantitative estimate of drug-likeness (QED) is 0.629. The third-order valence-electron chi connectivity index (χ3n) is 5.07. The minimum atomic E-state index is -0.363.